The van der Waals surface area contributed by atoms with Crippen molar-refractivity contribution in [3.8, 4) is 0 Å². The maximum atomic E-state index is 14.6. The number of thioether (sulfide) groups is 1. The predicted octanol–water partition coefficient (Wildman–Crippen LogP) is 6.07. The van der Waals surface area contributed by atoms with E-state index in [4.69, 9.17) is 9.47 Å². The number of benzene rings is 1. The third kappa shape index (κ3) is 3.92. The molecule has 4 fully saturated rings. The van der Waals surface area contributed by atoms with E-state index in [-0.39, 0.29) is 46.6 Å². The van der Waals surface area contributed by atoms with Crippen LogP contribution in [0.25, 0.3) is 10.8 Å². The number of carbonyl (C=O) groups is 2. The number of carbonyl (C=O) groups excluding carboxylic acids is 2. The zero-order chi connectivity index (χ0) is 28.6. The fourth-order valence-corrected chi connectivity index (χ4v) is 10.4. The highest BCUT2D eigenvalue weighted by molar-refractivity contribution is 8.00. The van der Waals surface area contributed by atoms with Crippen LogP contribution in [-0.2, 0) is 19.1 Å². The lowest BCUT2D eigenvalue weighted by Crippen LogP contribution is -2.63. The second kappa shape index (κ2) is 9.87. The molecule has 9 atom stereocenters. The van der Waals surface area contributed by atoms with Gasteiger partial charge in [0.2, 0.25) is 0 Å². The zero-order valence-corrected chi connectivity index (χ0v) is 24.9. The average molecular weight is 574 g/mol. The fraction of sp³-hybridized carbons (Fsp3) is 0.559. The normalized spacial score (nSPS) is 41.0. The third-order valence-corrected chi connectivity index (χ3v) is 12.2. The van der Waals surface area contributed by atoms with Crippen LogP contribution in [0.3, 0.4) is 0 Å². The molecule has 3 saturated carbocycles. The minimum Gasteiger partial charge on any atom is -0.393 e. The van der Waals surface area contributed by atoms with E-state index in [9.17, 15) is 14.7 Å². The first kappa shape index (κ1) is 27.5. The molecule has 0 amide bonds. The van der Waals surface area contributed by atoms with Crippen molar-refractivity contribution >= 4 is 34.1 Å². The molecule has 1 aromatic heterocycles. The van der Waals surface area contributed by atoms with Crippen molar-refractivity contribution in [2.75, 3.05) is 5.75 Å². The van der Waals surface area contributed by atoms with Gasteiger partial charge >= 0.3 is 0 Å². The first-order chi connectivity index (χ1) is 19.7. The highest BCUT2D eigenvalue weighted by atomic mass is 32.2. The summed E-state index contributed by atoms with van der Waals surface area (Å²) < 4.78 is 13.4. The summed E-state index contributed by atoms with van der Waals surface area (Å²) in [6.45, 7) is 6.47. The molecular formula is C34H39NO5S. The Hall–Kier alpha value is -2.32. The van der Waals surface area contributed by atoms with Crippen LogP contribution in [0, 0.1) is 28.6 Å². The number of aliphatic hydroxyl groups is 1. The van der Waals surface area contributed by atoms with Crippen LogP contribution >= 0.6 is 11.8 Å². The Balaban J connectivity index is 1.23. The summed E-state index contributed by atoms with van der Waals surface area (Å²) in [5.41, 5.74) is -0.880. The number of hydrogen-bond donors (Lipinski definition) is 1. The predicted molar refractivity (Wildman–Crippen MR) is 158 cm³/mol. The number of Topliss-reactive ketones (excluding diaryl/α,β-unsaturated/α-hetero) is 1. The molecular weight excluding hydrogens is 534 g/mol. The molecule has 5 unspecified atom stereocenters. The molecule has 7 heteroatoms. The van der Waals surface area contributed by atoms with Gasteiger partial charge < -0.3 is 14.6 Å². The molecule has 1 aromatic carbocycles. The molecule has 0 bridgehead atoms. The standard InChI is InChI=1S/C34H39NO5S/c1-4-7-29-39-28-17-25-24-11-10-21-16-22(36)12-14-32(21,2)30(24)26(37)18-33(25,3)34(28,40-29)27(38)19-41-31-23-9-6-5-8-20(23)13-15-35-31/h5-6,8-9,12-16,24-26,28-30,37H,4,7,10-11,17-19H2,1-3H3/t24?,25?,26-,28+,29+,30?,32?,33?,34+/m0/s1. The van der Waals surface area contributed by atoms with E-state index in [1.807, 2.05) is 30.3 Å². The minimum atomic E-state index is -1.10. The van der Waals surface area contributed by atoms with Gasteiger partial charge in [0.15, 0.2) is 23.5 Å². The average Bonchev–Trinajstić information content (AvgIpc) is 3.44. The van der Waals surface area contributed by atoms with E-state index in [1.165, 1.54) is 11.8 Å². The zero-order valence-electron chi connectivity index (χ0n) is 24.0. The van der Waals surface area contributed by atoms with Gasteiger partial charge in [-0.3, -0.25) is 9.59 Å². The molecule has 0 radical (unpaired) electrons. The van der Waals surface area contributed by atoms with Crippen LogP contribution in [0.1, 0.15) is 59.3 Å². The summed E-state index contributed by atoms with van der Waals surface area (Å²) in [5, 5.41) is 14.9. The quantitative estimate of drug-likeness (QED) is 0.420. The van der Waals surface area contributed by atoms with Crippen LogP contribution in [-0.4, -0.2) is 51.5 Å². The summed E-state index contributed by atoms with van der Waals surface area (Å²) >= 11 is 1.47. The number of fused-ring (bicyclic) bond motifs is 8. The summed E-state index contributed by atoms with van der Waals surface area (Å²) in [6.07, 6.45) is 10.5. The van der Waals surface area contributed by atoms with Gasteiger partial charge in [-0.05, 0) is 67.5 Å². The third-order valence-electron chi connectivity index (χ3n) is 11.2. The second-order valence-corrected chi connectivity index (χ2v) is 14.2. The number of aliphatic hydroxyl groups excluding tert-OH is 1. The van der Waals surface area contributed by atoms with Crippen molar-refractivity contribution in [1.29, 1.82) is 0 Å². The lowest BCUT2D eigenvalue weighted by Gasteiger charge is -2.59. The van der Waals surface area contributed by atoms with Gasteiger partial charge in [0, 0.05) is 28.3 Å². The molecule has 216 valence electrons. The Morgan fingerprint density at radius 2 is 2.05 bits per heavy atom. The second-order valence-electron chi connectivity index (χ2n) is 13.2. The summed E-state index contributed by atoms with van der Waals surface area (Å²) in [7, 11) is 0. The van der Waals surface area contributed by atoms with E-state index < -0.39 is 23.4 Å². The lowest BCUT2D eigenvalue weighted by molar-refractivity contribution is -0.197. The lowest BCUT2D eigenvalue weighted by atomic mass is 9.46. The largest absolute Gasteiger partial charge is 0.393 e. The van der Waals surface area contributed by atoms with Crippen molar-refractivity contribution in [1.82, 2.24) is 4.98 Å². The number of aromatic nitrogens is 1. The van der Waals surface area contributed by atoms with Crippen molar-refractivity contribution < 1.29 is 24.2 Å². The first-order valence-corrected chi connectivity index (χ1v) is 16.2. The Labute approximate surface area is 246 Å². The summed E-state index contributed by atoms with van der Waals surface area (Å²) in [6, 6.07) is 10.1. The van der Waals surface area contributed by atoms with Crippen molar-refractivity contribution in [3.05, 3.63) is 60.3 Å². The molecule has 6 nitrogen and oxygen atoms in total. The maximum Gasteiger partial charge on any atom is 0.178 e. The maximum absolute atomic E-state index is 14.6. The molecule has 1 saturated heterocycles. The number of allylic oxidation sites excluding steroid dienone is 4. The van der Waals surface area contributed by atoms with E-state index in [1.54, 1.807) is 18.3 Å². The van der Waals surface area contributed by atoms with E-state index in [0.717, 1.165) is 53.5 Å². The summed E-state index contributed by atoms with van der Waals surface area (Å²) in [5.74, 6) is 0.703. The smallest absolute Gasteiger partial charge is 0.178 e. The van der Waals surface area contributed by atoms with E-state index in [2.05, 4.69) is 31.8 Å². The van der Waals surface area contributed by atoms with Gasteiger partial charge in [0.25, 0.3) is 0 Å². The Bertz CT molecular complexity index is 1460. The number of nitrogens with zero attached hydrogens (tertiary/aromatic N) is 1. The highest BCUT2D eigenvalue weighted by Crippen LogP contribution is 2.69. The summed E-state index contributed by atoms with van der Waals surface area (Å²) in [4.78, 5) is 31.4. The molecule has 1 N–H and O–H groups in total. The van der Waals surface area contributed by atoms with E-state index in [0.29, 0.717) is 6.42 Å². The van der Waals surface area contributed by atoms with Crippen LogP contribution in [0.15, 0.2) is 65.4 Å². The minimum absolute atomic E-state index is 0.00315. The topological polar surface area (TPSA) is 85.7 Å². The van der Waals surface area contributed by atoms with Gasteiger partial charge in [-0.2, -0.15) is 0 Å². The fourth-order valence-electron chi connectivity index (χ4n) is 9.45. The van der Waals surface area contributed by atoms with E-state index >= 15 is 0 Å². The number of hydrogen-bond acceptors (Lipinski definition) is 7. The van der Waals surface area contributed by atoms with Gasteiger partial charge in [0.1, 0.15) is 5.03 Å². The Morgan fingerprint density at radius 3 is 2.88 bits per heavy atom. The van der Waals surface area contributed by atoms with Gasteiger partial charge in [-0.25, -0.2) is 4.98 Å². The molecule has 4 aliphatic carbocycles. The van der Waals surface area contributed by atoms with Gasteiger partial charge in [-0.1, -0.05) is 74.9 Å². The number of ketones is 2. The molecule has 2 aromatic rings. The van der Waals surface area contributed by atoms with Gasteiger partial charge in [0.05, 0.1) is 18.0 Å². The molecule has 1 aliphatic heterocycles. The molecule has 5 aliphatic rings. The van der Waals surface area contributed by atoms with Crippen molar-refractivity contribution in [2.24, 2.45) is 28.6 Å². The van der Waals surface area contributed by atoms with Crippen molar-refractivity contribution in [3.63, 3.8) is 0 Å². The highest BCUT2D eigenvalue weighted by Gasteiger charge is 2.75. The molecule has 41 heavy (non-hydrogen) atoms. The van der Waals surface area contributed by atoms with Gasteiger partial charge in [-0.15, -0.1) is 0 Å². The van der Waals surface area contributed by atoms with Crippen LogP contribution in [0.5, 0.6) is 0 Å². The van der Waals surface area contributed by atoms with Crippen LogP contribution in [0.2, 0.25) is 0 Å². The van der Waals surface area contributed by atoms with Crippen LogP contribution < -0.4 is 0 Å². The molecule has 2 heterocycles. The Morgan fingerprint density at radius 1 is 1.22 bits per heavy atom. The number of ether oxygens (including phenoxy) is 2. The molecule has 0 spiro atoms. The molecule has 7 rings (SSSR count). The number of pyridine rings is 1. The van der Waals surface area contributed by atoms with Crippen molar-refractivity contribution in [2.45, 2.75) is 88.4 Å². The monoisotopic (exact) mass is 573 g/mol. The Kier molecular flexibility index (Phi) is 6.62. The number of rotatable bonds is 6. The first-order valence-electron chi connectivity index (χ1n) is 15.2. The van der Waals surface area contributed by atoms with Crippen LogP contribution in [0.4, 0.5) is 0 Å². The SMILES string of the molecule is CCC[C@@H]1O[C@@H]2CC3C4CCC5=CC(=O)C=CC5(C)C4[C@@H](O)CC3(C)[C@]2(C(=O)CSc2nccc3ccccc23)O1.